The van der Waals surface area contributed by atoms with E-state index >= 15 is 0 Å². The number of likely N-dealkylation sites (N-methyl/N-ethyl adjacent to an activating group) is 1. The van der Waals surface area contributed by atoms with Crippen LogP contribution in [-0.2, 0) is 20.5 Å². The molecule has 0 spiro atoms. The normalized spacial score (nSPS) is 15.1. The van der Waals surface area contributed by atoms with Crippen LogP contribution in [0.2, 0.25) is 0 Å². The van der Waals surface area contributed by atoms with Crippen molar-refractivity contribution in [3.8, 4) is 0 Å². The predicted molar refractivity (Wildman–Crippen MR) is 130 cm³/mol. The predicted octanol–water partition coefficient (Wildman–Crippen LogP) is 4.06. The first kappa shape index (κ1) is 26.5. The Morgan fingerprint density at radius 2 is 1.77 bits per heavy atom. The van der Waals surface area contributed by atoms with Crippen LogP contribution < -0.4 is 15.5 Å². The lowest BCUT2D eigenvalue weighted by Gasteiger charge is -2.31. The molecule has 1 saturated heterocycles. The molecular weight excluding hydrogens is 461 g/mol. The molecule has 0 radical (unpaired) electrons. The van der Waals surface area contributed by atoms with Crippen molar-refractivity contribution in [3.05, 3.63) is 53.1 Å². The second-order valence-electron chi connectivity index (χ2n) is 8.71. The number of anilines is 3. The highest BCUT2D eigenvalue weighted by Crippen LogP contribution is 2.36. The fraction of sp³-hybridized carbons (Fsp3) is 0.440. The average Bonchev–Trinajstić information content (AvgIpc) is 2.81. The maximum absolute atomic E-state index is 13.3. The zero-order valence-electron chi connectivity index (χ0n) is 20.3. The molecule has 3 rings (SSSR count). The summed E-state index contributed by atoms with van der Waals surface area (Å²) in [6.07, 6.45) is -4.54. The maximum Gasteiger partial charge on any atom is 0.416 e. The lowest BCUT2D eigenvalue weighted by atomic mass is 10.1. The molecule has 0 saturated carbocycles. The topological polar surface area (TPSA) is 73.9 Å². The Kier molecular flexibility index (Phi) is 8.39. The van der Waals surface area contributed by atoms with Crippen LogP contribution in [-0.4, -0.2) is 62.7 Å². The van der Waals surface area contributed by atoms with E-state index < -0.39 is 23.7 Å². The van der Waals surface area contributed by atoms with E-state index in [4.69, 9.17) is 4.74 Å². The van der Waals surface area contributed by atoms with Gasteiger partial charge in [0.05, 0.1) is 42.7 Å². The summed E-state index contributed by atoms with van der Waals surface area (Å²) in [6.45, 7) is 7.29. The maximum atomic E-state index is 13.3. The van der Waals surface area contributed by atoms with Crippen molar-refractivity contribution in [1.29, 1.82) is 0 Å². The molecular formula is C25H31F3N4O3. The Bertz CT molecular complexity index is 1070. The molecule has 0 aliphatic carbocycles. The SMILES string of the molecule is Cc1cccc(NC(=O)CN(C)C(C)C(=O)Nc2cc(C(F)(F)F)ccc2N2CCOCC2)c1C. The first-order chi connectivity index (χ1) is 16.5. The molecule has 1 aliphatic heterocycles. The highest BCUT2D eigenvalue weighted by Gasteiger charge is 2.32. The Labute approximate surface area is 203 Å². The van der Waals surface area contributed by atoms with E-state index in [0.717, 1.165) is 23.3 Å². The molecule has 35 heavy (non-hydrogen) atoms. The molecule has 190 valence electrons. The number of hydrogen-bond acceptors (Lipinski definition) is 5. The number of rotatable bonds is 7. The zero-order chi connectivity index (χ0) is 25.8. The van der Waals surface area contributed by atoms with Gasteiger partial charge in [-0.25, -0.2) is 0 Å². The third-order valence-electron chi connectivity index (χ3n) is 6.25. The van der Waals surface area contributed by atoms with Crippen LogP contribution in [0.4, 0.5) is 30.2 Å². The number of halogens is 3. The van der Waals surface area contributed by atoms with E-state index in [1.165, 1.54) is 11.0 Å². The number of benzene rings is 2. The van der Waals surface area contributed by atoms with Crippen molar-refractivity contribution >= 4 is 28.9 Å². The Morgan fingerprint density at radius 1 is 1.09 bits per heavy atom. The molecule has 1 atom stereocenters. The summed E-state index contributed by atoms with van der Waals surface area (Å²) in [5, 5.41) is 5.49. The monoisotopic (exact) mass is 492 g/mol. The van der Waals surface area contributed by atoms with Gasteiger partial charge in [0.25, 0.3) is 0 Å². The number of ether oxygens (including phenoxy) is 1. The Balaban J connectivity index is 1.71. The van der Waals surface area contributed by atoms with E-state index in [-0.39, 0.29) is 18.1 Å². The molecule has 2 aromatic rings. The number of nitrogens with one attached hydrogen (secondary N) is 2. The highest BCUT2D eigenvalue weighted by atomic mass is 19.4. The lowest BCUT2D eigenvalue weighted by Crippen LogP contribution is -2.43. The van der Waals surface area contributed by atoms with Crippen molar-refractivity contribution < 1.29 is 27.5 Å². The van der Waals surface area contributed by atoms with Crippen molar-refractivity contribution in [3.63, 3.8) is 0 Å². The largest absolute Gasteiger partial charge is 0.416 e. The standard InChI is InChI=1S/C25H31F3N4O3/c1-16-6-5-7-20(17(16)2)29-23(33)15-31(4)18(3)24(34)30-21-14-19(25(26,27)28)8-9-22(21)32-10-12-35-13-11-32/h5-9,14,18H,10-13,15H2,1-4H3,(H,29,33)(H,30,34). The minimum Gasteiger partial charge on any atom is -0.378 e. The zero-order valence-corrected chi connectivity index (χ0v) is 20.3. The van der Waals surface area contributed by atoms with Gasteiger partial charge < -0.3 is 20.3 Å². The molecule has 7 nitrogen and oxygen atoms in total. The molecule has 1 fully saturated rings. The number of amides is 2. The lowest BCUT2D eigenvalue weighted by molar-refractivity contribution is -0.137. The Morgan fingerprint density at radius 3 is 2.43 bits per heavy atom. The minimum atomic E-state index is -4.54. The first-order valence-corrected chi connectivity index (χ1v) is 11.4. The number of morpholine rings is 1. The average molecular weight is 493 g/mol. The van der Waals surface area contributed by atoms with Crippen LogP contribution in [0, 0.1) is 13.8 Å². The van der Waals surface area contributed by atoms with Crippen molar-refractivity contribution in [2.24, 2.45) is 0 Å². The van der Waals surface area contributed by atoms with Crippen LogP contribution in [0.3, 0.4) is 0 Å². The van der Waals surface area contributed by atoms with Crippen molar-refractivity contribution in [2.45, 2.75) is 33.0 Å². The third kappa shape index (κ3) is 6.73. The van der Waals surface area contributed by atoms with Crippen LogP contribution >= 0.6 is 0 Å². The van der Waals surface area contributed by atoms with E-state index in [2.05, 4.69) is 10.6 Å². The van der Waals surface area contributed by atoms with Crippen molar-refractivity contribution in [1.82, 2.24) is 4.90 Å². The van der Waals surface area contributed by atoms with E-state index in [1.807, 2.05) is 30.9 Å². The van der Waals surface area contributed by atoms with Gasteiger partial charge in [0.1, 0.15) is 0 Å². The number of carbonyl (C=O) groups is 2. The summed E-state index contributed by atoms with van der Waals surface area (Å²) >= 11 is 0. The van der Waals surface area contributed by atoms with Crippen molar-refractivity contribution in [2.75, 3.05) is 55.4 Å². The molecule has 10 heteroatoms. The molecule has 2 N–H and O–H groups in total. The second kappa shape index (κ2) is 11.1. The first-order valence-electron chi connectivity index (χ1n) is 11.4. The number of hydrogen-bond donors (Lipinski definition) is 2. The molecule has 2 aromatic carbocycles. The molecule has 0 bridgehead atoms. The smallest absolute Gasteiger partial charge is 0.378 e. The molecule has 1 aliphatic rings. The molecule has 2 amide bonds. The Hall–Kier alpha value is -3.11. The molecule has 1 heterocycles. The van der Waals surface area contributed by atoms with Gasteiger partial charge in [-0.15, -0.1) is 0 Å². The van der Waals surface area contributed by atoms with Gasteiger partial charge >= 0.3 is 6.18 Å². The van der Waals surface area contributed by atoms with Crippen LogP contribution in [0.5, 0.6) is 0 Å². The minimum absolute atomic E-state index is 0.0686. The van der Waals surface area contributed by atoms with E-state index in [1.54, 1.807) is 20.0 Å². The summed E-state index contributed by atoms with van der Waals surface area (Å²) in [5.41, 5.74) is 2.41. The summed E-state index contributed by atoms with van der Waals surface area (Å²) in [4.78, 5) is 29.0. The van der Waals surface area contributed by atoms with Gasteiger partial charge in [-0.05, 0) is 63.2 Å². The summed E-state index contributed by atoms with van der Waals surface area (Å²) in [5.74, 6) is -0.810. The summed E-state index contributed by atoms with van der Waals surface area (Å²) in [7, 11) is 1.61. The molecule has 1 unspecified atom stereocenters. The van der Waals surface area contributed by atoms with Gasteiger partial charge in [0.2, 0.25) is 11.8 Å². The van der Waals surface area contributed by atoms with Gasteiger partial charge in [-0.3, -0.25) is 14.5 Å². The van der Waals surface area contributed by atoms with Crippen LogP contribution in [0.25, 0.3) is 0 Å². The number of nitrogens with zero attached hydrogens (tertiary/aromatic N) is 2. The number of alkyl halides is 3. The number of aryl methyl sites for hydroxylation is 1. The summed E-state index contributed by atoms with van der Waals surface area (Å²) in [6, 6.07) is 8.15. The van der Waals surface area contributed by atoms with Gasteiger partial charge in [-0.1, -0.05) is 12.1 Å². The van der Waals surface area contributed by atoms with Gasteiger partial charge in [-0.2, -0.15) is 13.2 Å². The fourth-order valence-electron chi connectivity index (χ4n) is 3.77. The second-order valence-corrected chi connectivity index (χ2v) is 8.71. The van der Waals surface area contributed by atoms with Gasteiger partial charge in [0.15, 0.2) is 0 Å². The van der Waals surface area contributed by atoms with Crippen LogP contribution in [0.1, 0.15) is 23.6 Å². The number of carbonyl (C=O) groups excluding carboxylic acids is 2. The fourth-order valence-corrected chi connectivity index (χ4v) is 3.77. The van der Waals surface area contributed by atoms with E-state index in [0.29, 0.717) is 37.7 Å². The molecule has 0 aromatic heterocycles. The van der Waals surface area contributed by atoms with Gasteiger partial charge in [0, 0.05) is 18.8 Å². The highest BCUT2D eigenvalue weighted by molar-refractivity contribution is 5.98. The van der Waals surface area contributed by atoms with E-state index in [9.17, 15) is 22.8 Å². The third-order valence-corrected chi connectivity index (χ3v) is 6.25. The van der Waals surface area contributed by atoms with Crippen LogP contribution in [0.15, 0.2) is 36.4 Å². The summed E-state index contributed by atoms with van der Waals surface area (Å²) < 4.78 is 45.4. The quantitative estimate of drug-likeness (QED) is 0.610.